The SMILES string of the molecule is COc1ccc(C(=O)O)c(NC(=O)NC(C)CC(C)C)c1. The number of rotatable bonds is 6. The number of anilines is 1. The first-order valence-electron chi connectivity index (χ1n) is 6.82. The van der Waals surface area contributed by atoms with Gasteiger partial charge in [-0.05, 0) is 31.4 Å². The van der Waals surface area contributed by atoms with Gasteiger partial charge in [-0.3, -0.25) is 0 Å². The lowest BCUT2D eigenvalue weighted by Gasteiger charge is -2.17. The molecule has 0 aliphatic rings. The molecule has 0 bridgehead atoms. The molecule has 116 valence electrons. The molecule has 3 N–H and O–H groups in total. The van der Waals surface area contributed by atoms with Gasteiger partial charge < -0.3 is 20.5 Å². The maximum Gasteiger partial charge on any atom is 0.337 e. The average Bonchev–Trinajstić information content (AvgIpc) is 2.36. The molecule has 2 amide bonds. The van der Waals surface area contributed by atoms with Crippen LogP contribution in [0.4, 0.5) is 10.5 Å². The van der Waals surface area contributed by atoms with E-state index in [1.807, 2.05) is 6.92 Å². The molecule has 6 heteroatoms. The molecule has 0 saturated carbocycles. The number of ether oxygens (including phenoxy) is 1. The fourth-order valence-corrected chi connectivity index (χ4v) is 2.09. The first kappa shape index (κ1) is 16.8. The number of hydrogen-bond acceptors (Lipinski definition) is 3. The molecule has 0 aliphatic heterocycles. The summed E-state index contributed by atoms with van der Waals surface area (Å²) in [5, 5.41) is 14.5. The highest BCUT2D eigenvalue weighted by Gasteiger charge is 2.15. The number of amides is 2. The minimum absolute atomic E-state index is 0.00360. The zero-order valence-corrected chi connectivity index (χ0v) is 12.8. The van der Waals surface area contributed by atoms with Gasteiger partial charge in [0.2, 0.25) is 0 Å². The maximum atomic E-state index is 11.9. The third-order valence-electron chi connectivity index (χ3n) is 2.91. The fourth-order valence-electron chi connectivity index (χ4n) is 2.09. The van der Waals surface area contributed by atoms with Crippen molar-refractivity contribution >= 4 is 17.7 Å². The van der Waals surface area contributed by atoms with Crippen molar-refractivity contribution < 1.29 is 19.4 Å². The van der Waals surface area contributed by atoms with E-state index < -0.39 is 12.0 Å². The van der Waals surface area contributed by atoms with Crippen LogP contribution in [0.5, 0.6) is 5.75 Å². The number of aromatic carboxylic acids is 1. The summed E-state index contributed by atoms with van der Waals surface area (Å²) in [6, 6.07) is 3.99. The first-order chi connectivity index (χ1) is 9.83. The lowest BCUT2D eigenvalue weighted by molar-refractivity contribution is 0.0698. The molecular weight excluding hydrogens is 272 g/mol. The molecule has 6 nitrogen and oxygen atoms in total. The number of nitrogens with one attached hydrogen (secondary N) is 2. The molecule has 0 spiro atoms. The molecule has 0 radical (unpaired) electrons. The monoisotopic (exact) mass is 294 g/mol. The molecule has 1 atom stereocenters. The van der Waals surface area contributed by atoms with Gasteiger partial charge in [-0.1, -0.05) is 13.8 Å². The summed E-state index contributed by atoms with van der Waals surface area (Å²) >= 11 is 0. The van der Waals surface area contributed by atoms with Crippen molar-refractivity contribution in [1.29, 1.82) is 0 Å². The first-order valence-corrected chi connectivity index (χ1v) is 6.82. The quantitative estimate of drug-likeness (QED) is 0.752. The van der Waals surface area contributed by atoms with Crippen molar-refractivity contribution in [2.24, 2.45) is 5.92 Å². The Labute approximate surface area is 124 Å². The van der Waals surface area contributed by atoms with E-state index in [2.05, 4.69) is 24.5 Å². The Hall–Kier alpha value is -2.24. The zero-order chi connectivity index (χ0) is 16.0. The second-order valence-electron chi connectivity index (χ2n) is 5.35. The smallest absolute Gasteiger partial charge is 0.337 e. The fraction of sp³-hybridized carbons (Fsp3) is 0.467. The van der Waals surface area contributed by atoms with E-state index in [4.69, 9.17) is 9.84 Å². The third kappa shape index (κ3) is 5.33. The Kier molecular flexibility index (Phi) is 6.02. The summed E-state index contributed by atoms with van der Waals surface area (Å²) < 4.78 is 5.04. The largest absolute Gasteiger partial charge is 0.497 e. The minimum atomic E-state index is -1.11. The molecule has 0 heterocycles. The zero-order valence-electron chi connectivity index (χ0n) is 12.8. The van der Waals surface area contributed by atoms with E-state index in [-0.39, 0.29) is 17.3 Å². The summed E-state index contributed by atoms with van der Waals surface area (Å²) in [5.41, 5.74) is 0.221. The lowest BCUT2D eigenvalue weighted by Crippen LogP contribution is -2.37. The predicted octanol–water partition coefficient (Wildman–Crippen LogP) is 2.95. The van der Waals surface area contributed by atoms with Crippen molar-refractivity contribution in [2.45, 2.75) is 33.2 Å². The van der Waals surface area contributed by atoms with Crippen LogP contribution in [0.2, 0.25) is 0 Å². The number of carboxylic acid groups (broad SMARTS) is 1. The molecular formula is C15H22N2O4. The van der Waals surface area contributed by atoms with Crippen LogP contribution in [-0.4, -0.2) is 30.3 Å². The summed E-state index contributed by atoms with van der Waals surface area (Å²) in [4.78, 5) is 23.1. The highest BCUT2D eigenvalue weighted by Crippen LogP contribution is 2.22. The number of benzene rings is 1. The van der Waals surface area contributed by atoms with Gasteiger partial charge in [0.1, 0.15) is 5.75 Å². The van der Waals surface area contributed by atoms with Gasteiger partial charge in [-0.25, -0.2) is 9.59 Å². The number of carboxylic acids is 1. The third-order valence-corrected chi connectivity index (χ3v) is 2.91. The van der Waals surface area contributed by atoms with Crippen LogP contribution >= 0.6 is 0 Å². The van der Waals surface area contributed by atoms with Gasteiger partial charge in [-0.2, -0.15) is 0 Å². The molecule has 1 aromatic carbocycles. The lowest BCUT2D eigenvalue weighted by atomic mass is 10.1. The Balaban J connectivity index is 2.81. The second kappa shape index (κ2) is 7.52. The normalized spacial score (nSPS) is 11.9. The minimum Gasteiger partial charge on any atom is -0.497 e. The van der Waals surface area contributed by atoms with Crippen LogP contribution in [0.1, 0.15) is 37.6 Å². The van der Waals surface area contributed by atoms with Gasteiger partial charge in [0.05, 0.1) is 18.4 Å². The van der Waals surface area contributed by atoms with Gasteiger partial charge in [0, 0.05) is 12.1 Å². The summed E-state index contributed by atoms with van der Waals surface area (Å²) in [5.74, 6) is -0.166. The molecule has 1 rings (SSSR count). The van der Waals surface area contributed by atoms with Crippen LogP contribution in [0.15, 0.2) is 18.2 Å². The Morgan fingerprint density at radius 2 is 1.95 bits per heavy atom. The van der Waals surface area contributed by atoms with E-state index >= 15 is 0 Å². The molecule has 0 aromatic heterocycles. The van der Waals surface area contributed by atoms with Crippen LogP contribution < -0.4 is 15.4 Å². The summed E-state index contributed by atoms with van der Waals surface area (Å²) in [7, 11) is 1.48. The molecule has 0 fully saturated rings. The predicted molar refractivity (Wildman–Crippen MR) is 81.0 cm³/mol. The van der Waals surface area contributed by atoms with Crippen molar-refractivity contribution in [3.63, 3.8) is 0 Å². The topological polar surface area (TPSA) is 87.7 Å². The van der Waals surface area contributed by atoms with Crippen LogP contribution in [0.25, 0.3) is 0 Å². The van der Waals surface area contributed by atoms with Gasteiger partial charge in [0.15, 0.2) is 0 Å². The van der Waals surface area contributed by atoms with Crippen molar-refractivity contribution in [3.05, 3.63) is 23.8 Å². The van der Waals surface area contributed by atoms with Gasteiger partial charge in [0.25, 0.3) is 0 Å². The van der Waals surface area contributed by atoms with Crippen molar-refractivity contribution in [2.75, 3.05) is 12.4 Å². The molecule has 1 unspecified atom stereocenters. The van der Waals surface area contributed by atoms with E-state index in [9.17, 15) is 9.59 Å². The number of carbonyl (C=O) groups is 2. The van der Waals surface area contributed by atoms with E-state index in [1.165, 1.54) is 25.3 Å². The van der Waals surface area contributed by atoms with Crippen LogP contribution in [0.3, 0.4) is 0 Å². The number of carbonyl (C=O) groups excluding carboxylic acids is 1. The molecule has 0 saturated heterocycles. The number of hydrogen-bond donors (Lipinski definition) is 3. The van der Waals surface area contributed by atoms with E-state index in [1.54, 1.807) is 0 Å². The number of urea groups is 1. The van der Waals surface area contributed by atoms with Crippen LogP contribution in [-0.2, 0) is 0 Å². The van der Waals surface area contributed by atoms with Gasteiger partial charge in [-0.15, -0.1) is 0 Å². The Bertz CT molecular complexity index is 514. The standard InChI is InChI=1S/C15H22N2O4/c1-9(2)7-10(3)16-15(20)17-13-8-11(21-4)5-6-12(13)14(18)19/h5-6,8-10H,7H2,1-4H3,(H,18,19)(H2,16,17,20). The van der Waals surface area contributed by atoms with Gasteiger partial charge >= 0.3 is 12.0 Å². The summed E-state index contributed by atoms with van der Waals surface area (Å²) in [6.45, 7) is 6.05. The molecule has 21 heavy (non-hydrogen) atoms. The number of methoxy groups -OCH3 is 1. The molecule has 0 aliphatic carbocycles. The highest BCUT2D eigenvalue weighted by atomic mass is 16.5. The summed E-state index contributed by atoms with van der Waals surface area (Å²) in [6.07, 6.45) is 0.845. The van der Waals surface area contributed by atoms with Crippen molar-refractivity contribution in [3.8, 4) is 5.75 Å². The molecule has 1 aromatic rings. The maximum absolute atomic E-state index is 11.9. The highest BCUT2D eigenvalue weighted by molar-refractivity contribution is 6.00. The van der Waals surface area contributed by atoms with Crippen LogP contribution in [0, 0.1) is 5.92 Å². The van der Waals surface area contributed by atoms with E-state index in [0.717, 1.165) is 6.42 Å². The second-order valence-corrected chi connectivity index (χ2v) is 5.35. The average molecular weight is 294 g/mol. The Morgan fingerprint density at radius 1 is 1.29 bits per heavy atom. The Morgan fingerprint density at radius 3 is 2.48 bits per heavy atom. The van der Waals surface area contributed by atoms with Crippen molar-refractivity contribution in [1.82, 2.24) is 5.32 Å². The van der Waals surface area contributed by atoms with E-state index in [0.29, 0.717) is 11.7 Å².